The van der Waals surface area contributed by atoms with Crippen LogP contribution in [0.5, 0.6) is 5.75 Å². The van der Waals surface area contributed by atoms with Gasteiger partial charge in [0, 0.05) is 23.4 Å². The Bertz CT molecular complexity index is 1310. The highest BCUT2D eigenvalue weighted by Gasteiger charge is 2.14. The van der Waals surface area contributed by atoms with Gasteiger partial charge in [-0.05, 0) is 54.3 Å². The number of aromatic nitrogens is 2. The fraction of sp³-hybridized carbons (Fsp3) is 0.240. The lowest BCUT2D eigenvalue weighted by molar-refractivity contribution is 0.102. The van der Waals surface area contributed by atoms with Gasteiger partial charge in [-0.1, -0.05) is 32.9 Å². The highest BCUT2D eigenvalue weighted by atomic mass is 16.5. The number of hydrogen-bond donors (Lipinski definition) is 1. The standard InChI is InChI=1S/C25H25N3O4/c1-16-13-22-26-20(14-23(29)28(22)32-16)15-31-21-11-9-19(10-12-21)27-24(30)17-5-7-18(8-6-17)25(2,3)4/h5-14H,15H2,1-4H3,(H,27,30). The SMILES string of the molecule is Cc1cc2nc(COc3ccc(NC(=O)c4ccc(C(C)(C)C)cc4)cc3)cc(=O)n2o1. The van der Waals surface area contributed by atoms with Crippen LogP contribution in [0.3, 0.4) is 0 Å². The number of fused-ring (bicyclic) bond motifs is 1. The summed E-state index contributed by atoms with van der Waals surface area (Å²) in [5.74, 6) is 1.03. The summed E-state index contributed by atoms with van der Waals surface area (Å²) in [5, 5.41) is 2.89. The molecule has 4 aromatic rings. The summed E-state index contributed by atoms with van der Waals surface area (Å²) >= 11 is 0. The van der Waals surface area contributed by atoms with Crippen molar-refractivity contribution in [3.05, 3.63) is 93.6 Å². The number of nitrogens with one attached hydrogen (secondary N) is 1. The van der Waals surface area contributed by atoms with Gasteiger partial charge in [0.25, 0.3) is 11.5 Å². The smallest absolute Gasteiger partial charge is 0.287 e. The molecule has 0 fully saturated rings. The van der Waals surface area contributed by atoms with Crippen LogP contribution < -0.4 is 15.6 Å². The van der Waals surface area contributed by atoms with Gasteiger partial charge < -0.3 is 14.6 Å². The van der Waals surface area contributed by atoms with Crippen LogP contribution in [0.1, 0.15) is 48.1 Å². The summed E-state index contributed by atoms with van der Waals surface area (Å²) in [6.07, 6.45) is 0. The molecule has 164 valence electrons. The summed E-state index contributed by atoms with van der Waals surface area (Å²) in [5.41, 5.74) is 3.13. The molecule has 2 aromatic heterocycles. The zero-order chi connectivity index (χ0) is 22.9. The van der Waals surface area contributed by atoms with Crippen LogP contribution in [0.15, 0.2) is 70.0 Å². The normalized spacial score (nSPS) is 11.5. The molecular weight excluding hydrogens is 406 g/mol. The number of amides is 1. The summed E-state index contributed by atoms with van der Waals surface area (Å²) in [6.45, 7) is 8.30. The monoisotopic (exact) mass is 431 g/mol. The number of benzene rings is 2. The van der Waals surface area contributed by atoms with Gasteiger partial charge in [0.15, 0.2) is 5.65 Å². The van der Waals surface area contributed by atoms with E-state index in [4.69, 9.17) is 9.26 Å². The highest BCUT2D eigenvalue weighted by molar-refractivity contribution is 6.04. The summed E-state index contributed by atoms with van der Waals surface area (Å²) in [7, 11) is 0. The van der Waals surface area contributed by atoms with Gasteiger partial charge in [0.1, 0.15) is 18.1 Å². The molecule has 7 nitrogen and oxygen atoms in total. The fourth-order valence-corrected chi connectivity index (χ4v) is 3.26. The Morgan fingerprint density at radius 2 is 1.75 bits per heavy atom. The van der Waals surface area contributed by atoms with Crippen LogP contribution in [-0.2, 0) is 12.0 Å². The van der Waals surface area contributed by atoms with E-state index < -0.39 is 0 Å². The lowest BCUT2D eigenvalue weighted by Gasteiger charge is -2.19. The molecule has 2 heterocycles. The quantitative estimate of drug-likeness (QED) is 0.494. The van der Waals surface area contributed by atoms with Gasteiger partial charge in [-0.15, -0.1) is 4.57 Å². The topological polar surface area (TPSA) is 85.8 Å². The maximum Gasteiger partial charge on any atom is 0.287 e. The lowest BCUT2D eigenvalue weighted by atomic mass is 9.87. The number of aryl methyl sites for hydroxylation is 1. The number of anilines is 1. The van der Waals surface area contributed by atoms with E-state index in [1.165, 1.54) is 11.6 Å². The van der Waals surface area contributed by atoms with Crippen LogP contribution in [0.2, 0.25) is 0 Å². The van der Waals surface area contributed by atoms with Gasteiger partial charge >= 0.3 is 0 Å². The second-order valence-electron chi connectivity index (χ2n) is 8.68. The molecule has 0 aliphatic heterocycles. The van der Waals surface area contributed by atoms with Crippen LogP contribution >= 0.6 is 0 Å². The number of rotatable bonds is 5. The molecule has 0 spiro atoms. The minimum absolute atomic E-state index is 0.0394. The first-order chi connectivity index (χ1) is 15.2. The average molecular weight is 431 g/mol. The van der Waals surface area contributed by atoms with Crippen molar-refractivity contribution in [2.45, 2.75) is 39.7 Å². The maximum atomic E-state index is 12.5. The van der Waals surface area contributed by atoms with Crippen molar-refractivity contribution in [2.24, 2.45) is 0 Å². The fourth-order valence-electron chi connectivity index (χ4n) is 3.26. The zero-order valence-corrected chi connectivity index (χ0v) is 18.5. The minimum atomic E-state index is -0.296. The van der Waals surface area contributed by atoms with Crippen molar-refractivity contribution in [1.82, 2.24) is 9.56 Å². The van der Waals surface area contributed by atoms with Gasteiger partial charge in [0.05, 0.1) is 5.69 Å². The zero-order valence-electron chi connectivity index (χ0n) is 18.5. The van der Waals surface area contributed by atoms with Crippen molar-refractivity contribution < 1.29 is 14.1 Å². The van der Waals surface area contributed by atoms with E-state index in [-0.39, 0.29) is 23.5 Å². The Kier molecular flexibility index (Phi) is 5.57. The minimum Gasteiger partial charge on any atom is -0.487 e. The molecule has 0 bridgehead atoms. The number of carbonyl (C=O) groups excluding carboxylic acids is 1. The third-order valence-corrected chi connectivity index (χ3v) is 5.04. The Labute approximate surface area is 185 Å². The molecule has 0 radical (unpaired) electrons. The second-order valence-corrected chi connectivity index (χ2v) is 8.68. The van der Waals surface area contributed by atoms with E-state index in [1.54, 1.807) is 37.3 Å². The second kappa shape index (κ2) is 8.34. The molecule has 7 heteroatoms. The molecule has 0 aliphatic rings. The molecule has 0 saturated heterocycles. The van der Waals surface area contributed by atoms with Gasteiger partial charge in [-0.25, -0.2) is 4.98 Å². The summed E-state index contributed by atoms with van der Waals surface area (Å²) in [6, 6.07) is 17.7. The first-order valence-corrected chi connectivity index (χ1v) is 10.3. The summed E-state index contributed by atoms with van der Waals surface area (Å²) < 4.78 is 12.2. The van der Waals surface area contributed by atoms with E-state index in [9.17, 15) is 9.59 Å². The van der Waals surface area contributed by atoms with E-state index >= 15 is 0 Å². The van der Waals surface area contributed by atoms with Crippen LogP contribution in [-0.4, -0.2) is 15.5 Å². The molecule has 0 atom stereocenters. The molecule has 0 unspecified atom stereocenters. The summed E-state index contributed by atoms with van der Waals surface area (Å²) in [4.78, 5) is 29.0. The molecular formula is C25H25N3O4. The van der Waals surface area contributed by atoms with Crippen LogP contribution in [0, 0.1) is 6.92 Å². The number of nitrogens with zero attached hydrogens (tertiary/aromatic N) is 2. The average Bonchev–Trinajstić information content (AvgIpc) is 3.13. The van der Waals surface area contributed by atoms with Crippen LogP contribution in [0.4, 0.5) is 5.69 Å². The largest absolute Gasteiger partial charge is 0.487 e. The molecule has 32 heavy (non-hydrogen) atoms. The van der Waals surface area contributed by atoms with Crippen molar-refractivity contribution in [2.75, 3.05) is 5.32 Å². The molecule has 2 aromatic carbocycles. The molecule has 4 rings (SSSR count). The number of hydrogen-bond acceptors (Lipinski definition) is 5. The highest BCUT2D eigenvalue weighted by Crippen LogP contribution is 2.23. The van der Waals surface area contributed by atoms with Crippen molar-refractivity contribution in [3.63, 3.8) is 0 Å². The molecule has 1 amide bonds. The molecule has 0 saturated carbocycles. The van der Waals surface area contributed by atoms with Crippen molar-refractivity contribution >= 4 is 17.2 Å². The Morgan fingerprint density at radius 3 is 2.41 bits per heavy atom. The predicted molar refractivity (Wildman–Crippen MR) is 122 cm³/mol. The third-order valence-electron chi connectivity index (χ3n) is 5.04. The Balaban J connectivity index is 1.38. The van der Waals surface area contributed by atoms with E-state index in [2.05, 4.69) is 31.1 Å². The van der Waals surface area contributed by atoms with Crippen LogP contribution in [0.25, 0.3) is 5.65 Å². The number of carbonyl (C=O) groups is 1. The van der Waals surface area contributed by atoms with E-state index in [0.717, 1.165) is 4.57 Å². The van der Waals surface area contributed by atoms with Gasteiger partial charge in [-0.2, -0.15) is 0 Å². The first-order valence-electron chi connectivity index (χ1n) is 10.3. The maximum absolute atomic E-state index is 12.5. The molecule has 0 aliphatic carbocycles. The predicted octanol–water partition coefficient (Wildman–Crippen LogP) is 4.72. The van der Waals surface area contributed by atoms with Crippen molar-refractivity contribution in [1.29, 1.82) is 0 Å². The van der Waals surface area contributed by atoms with Gasteiger partial charge in [0.2, 0.25) is 0 Å². The van der Waals surface area contributed by atoms with Crippen molar-refractivity contribution in [3.8, 4) is 5.75 Å². The van der Waals surface area contributed by atoms with E-state index in [1.807, 2.05) is 24.3 Å². The first kappa shape index (κ1) is 21.4. The Hall–Kier alpha value is -3.87. The lowest BCUT2D eigenvalue weighted by Crippen LogP contribution is -2.14. The Morgan fingerprint density at radius 1 is 1.06 bits per heavy atom. The molecule has 1 N–H and O–H groups in total. The van der Waals surface area contributed by atoms with E-state index in [0.29, 0.717) is 34.1 Å². The number of ether oxygens (including phenoxy) is 1. The van der Waals surface area contributed by atoms with Gasteiger partial charge in [-0.3, -0.25) is 9.59 Å². The third kappa shape index (κ3) is 4.72.